The first-order valence-corrected chi connectivity index (χ1v) is 13.9. The van der Waals surface area contributed by atoms with E-state index in [1.165, 1.54) is 32.9 Å². The number of carboxylic acid groups (broad SMARTS) is 1. The third-order valence-corrected chi connectivity index (χ3v) is 6.63. The number of carbonyl (C=O) groups excluding carboxylic acids is 1. The van der Waals surface area contributed by atoms with Crippen LogP contribution >= 0.6 is 0 Å². The van der Waals surface area contributed by atoms with Gasteiger partial charge in [-0.1, -0.05) is 72.8 Å². The van der Waals surface area contributed by atoms with Gasteiger partial charge in [0.05, 0.1) is 6.54 Å². The van der Waals surface area contributed by atoms with Crippen LogP contribution in [0.25, 0.3) is 0 Å². The number of anilines is 1. The van der Waals surface area contributed by atoms with Gasteiger partial charge >= 0.3 is 18.2 Å². The fourth-order valence-electron chi connectivity index (χ4n) is 4.58. The van der Waals surface area contributed by atoms with Gasteiger partial charge in [0, 0.05) is 31.9 Å². The summed E-state index contributed by atoms with van der Waals surface area (Å²) >= 11 is 0. The maximum absolute atomic E-state index is 14.6. The molecular formula is C32H36F5N3O4. The lowest BCUT2D eigenvalue weighted by atomic mass is 9.88. The molecular weight excluding hydrogens is 585 g/mol. The predicted octanol–water partition coefficient (Wildman–Crippen LogP) is 6.83. The summed E-state index contributed by atoms with van der Waals surface area (Å²) in [5, 5.41) is 11.9. The van der Waals surface area contributed by atoms with E-state index in [9.17, 15) is 36.6 Å². The summed E-state index contributed by atoms with van der Waals surface area (Å²) < 4.78 is 75.1. The number of benzene rings is 3. The number of aliphatic carboxylic acids is 1. The topological polar surface area (TPSA) is 82.1 Å². The first-order valence-electron chi connectivity index (χ1n) is 13.9. The van der Waals surface area contributed by atoms with Crippen molar-refractivity contribution in [2.24, 2.45) is 0 Å². The number of halogens is 5. The Balaban J connectivity index is 1.91. The molecule has 1 unspecified atom stereocenters. The van der Waals surface area contributed by atoms with Crippen LogP contribution in [0.1, 0.15) is 37.5 Å². The molecule has 3 aromatic carbocycles. The number of nitrogens with zero attached hydrogens (tertiary/aromatic N) is 2. The lowest BCUT2D eigenvalue weighted by Gasteiger charge is -2.35. The molecule has 44 heavy (non-hydrogen) atoms. The molecule has 0 radical (unpaired) electrons. The number of hydrogen-bond acceptors (Lipinski definition) is 5. The Labute approximate surface area is 253 Å². The van der Waals surface area contributed by atoms with Crippen molar-refractivity contribution >= 4 is 17.7 Å². The van der Waals surface area contributed by atoms with Crippen molar-refractivity contribution in [3.05, 3.63) is 102 Å². The van der Waals surface area contributed by atoms with Crippen LogP contribution in [0, 0.1) is 0 Å². The molecule has 0 saturated carbocycles. The molecule has 2 N–H and O–H groups in total. The Kier molecular flexibility index (Phi) is 11.3. The van der Waals surface area contributed by atoms with Crippen molar-refractivity contribution < 1.29 is 41.4 Å². The maximum atomic E-state index is 14.6. The number of nitrogens with one attached hydrogen (secondary N) is 1. The Morgan fingerprint density at radius 3 is 1.75 bits per heavy atom. The van der Waals surface area contributed by atoms with E-state index in [1.54, 1.807) is 0 Å². The molecule has 0 aromatic heterocycles. The van der Waals surface area contributed by atoms with Crippen LogP contribution < -0.4 is 10.2 Å². The quantitative estimate of drug-likeness (QED) is 0.204. The number of carboxylic acids is 1. The van der Waals surface area contributed by atoms with E-state index in [2.05, 4.69) is 0 Å². The Bertz CT molecular complexity index is 1310. The predicted molar refractivity (Wildman–Crippen MR) is 156 cm³/mol. The SMILES string of the molecule is CC(C)(C)OC(=O)N(CCNC(C(=O)O)(c1ccc(N(Cc2ccccc2)Cc2ccccc2)cc1)C(F)(F)F)CC(F)F. The third kappa shape index (κ3) is 9.15. The molecule has 0 heterocycles. The van der Waals surface area contributed by atoms with Crippen LogP contribution in [-0.2, 0) is 28.2 Å². The molecule has 1 atom stereocenters. The van der Waals surface area contributed by atoms with Gasteiger partial charge < -0.3 is 19.6 Å². The van der Waals surface area contributed by atoms with Crippen LogP contribution in [0.5, 0.6) is 0 Å². The van der Waals surface area contributed by atoms with E-state index in [-0.39, 0.29) is 0 Å². The molecule has 3 aromatic rings. The van der Waals surface area contributed by atoms with Crippen molar-refractivity contribution in [1.82, 2.24) is 10.2 Å². The molecule has 0 aliphatic heterocycles. The lowest BCUT2D eigenvalue weighted by Crippen LogP contribution is -2.61. The Morgan fingerprint density at radius 2 is 1.34 bits per heavy atom. The van der Waals surface area contributed by atoms with E-state index in [0.29, 0.717) is 23.7 Å². The van der Waals surface area contributed by atoms with E-state index in [0.717, 1.165) is 23.3 Å². The highest BCUT2D eigenvalue weighted by molar-refractivity contribution is 5.82. The maximum Gasteiger partial charge on any atom is 0.421 e. The summed E-state index contributed by atoms with van der Waals surface area (Å²) in [5.74, 6) is -2.24. The van der Waals surface area contributed by atoms with Crippen molar-refractivity contribution in [1.29, 1.82) is 0 Å². The normalized spacial score (nSPS) is 13.3. The number of hydrogen-bond donors (Lipinski definition) is 2. The minimum atomic E-state index is -5.34. The van der Waals surface area contributed by atoms with Crippen molar-refractivity contribution in [3.63, 3.8) is 0 Å². The van der Waals surface area contributed by atoms with Gasteiger partial charge in [0.1, 0.15) is 5.60 Å². The zero-order valence-electron chi connectivity index (χ0n) is 24.7. The average molecular weight is 622 g/mol. The number of alkyl halides is 5. The molecule has 0 fully saturated rings. The third-order valence-electron chi connectivity index (χ3n) is 6.63. The summed E-state index contributed by atoms with van der Waals surface area (Å²) in [6.07, 6.45) is -9.49. The number of rotatable bonds is 13. The number of carbonyl (C=O) groups is 2. The minimum absolute atomic E-state index is 0.432. The van der Waals surface area contributed by atoms with Crippen molar-refractivity contribution in [2.75, 3.05) is 24.5 Å². The fraction of sp³-hybridized carbons (Fsp3) is 0.375. The monoisotopic (exact) mass is 621 g/mol. The summed E-state index contributed by atoms with van der Waals surface area (Å²) in [6.45, 7) is 2.85. The molecule has 0 spiro atoms. The van der Waals surface area contributed by atoms with E-state index < -0.39 is 61.0 Å². The summed E-state index contributed by atoms with van der Waals surface area (Å²) in [7, 11) is 0. The van der Waals surface area contributed by atoms with Crippen LogP contribution in [0.4, 0.5) is 32.4 Å². The highest BCUT2D eigenvalue weighted by Crippen LogP contribution is 2.40. The van der Waals surface area contributed by atoms with Crippen LogP contribution in [-0.4, -0.2) is 59.9 Å². The van der Waals surface area contributed by atoms with Crippen molar-refractivity contribution in [2.45, 2.75) is 57.6 Å². The summed E-state index contributed by atoms with van der Waals surface area (Å²) in [4.78, 5) is 27.2. The fourth-order valence-corrected chi connectivity index (χ4v) is 4.58. The van der Waals surface area contributed by atoms with Crippen LogP contribution in [0.2, 0.25) is 0 Å². The molecule has 0 bridgehead atoms. The van der Waals surface area contributed by atoms with Gasteiger partial charge in [-0.15, -0.1) is 0 Å². The van der Waals surface area contributed by atoms with Gasteiger partial charge in [0.2, 0.25) is 5.54 Å². The van der Waals surface area contributed by atoms with Gasteiger partial charge in [0.25, 0.3) is 6.43 Å². The van der Waals surface area contributed by atoms with Crippen molar-refractivity contribution in [3.8, 4) is 0 Å². The molecule has 0 aliphatic carbocycles. The molecule has 0 aliphatic rings. The standard InChI is InChI=1S/C32H36F5N3O4/c1-30(2,3)44-29(43)39(22-27(33)34)19-18-38-31(28(41)42,32(35,36)37)25-14-16-26(17-15-25)40(20-23-10-6-4-7-11-23)21-24-12-8-5-9-13-24/h4-17,27,38H,18-22H2,1-3H3,(H,41,42). The van der Waals surface area contributed by atoms with Gasteiger partial charge in [-0.05, 0) is 49.6 Å². The zero-order valence-corrected chi connectivity index (χ0v) is 24.7. The van der Waals surface area contributed by atoms with Gasteiger partial charge in [-0.3, -0.25) is 5.32 Å². The Hall–Kier alpha value is -4.19. The van der Waals surface area contributed by atoms with E-state index in [4.69, 9.17) is 4.74 Å². The first kappa shape index (κ1) is 34.3. The average Bonchev–Trinajstić information content (AvgIpc) is 2.93. The molecule has 0 saturated heterocycles. The highest BCUT2D eigenvalue weighted by atomic mass is 19.4. The zero-order chi connectivity index (χ0) is 32.5. The molecule has 12 heteroatoms. The number of ether oxygens (including phenoxy) is 1. The molecule has 3 rings (SSSR count). The summed E-state index contributed by atoms with van der Waals surface area (Å²) in [5.41, 5.74) is -2.77. The molecule has 238 valence electrons. The van der Waals surface area contributed by atoms with Gasteiger partial charge in [-0.25, -0.2) is 18.4 Å². The molecule has 7 nitrogen and oxygen atoms in total. The first-order chi connectivity index (χ1) is 20.6. The Morgan fingerprint density at radius 1 is 0.841 bits per heavy atom. The van der Waals surface area contributed by atoms with Crippen LogP contribution in [0.3, 0.4) is 0 Å². The smallest absolute Gasteiger partial charge is 0.421 e. The highest BCUT2D eigenvalue weighted by Gasteiger charge is 2.62. The summed E-state index contributed by atoms with van der Waals surface area (Å²) in [6, 6.07) is 23.9. The largest absolute Gasteiger partial charge is 0.479 e. The minimum Gasteiger partial charge on any atom is -0.479 e. The second-order valence-electron chi connectivity index (χ2n) is 11.2. The van der Waals surface area contributed by atoms with Gasteiger partial charge in [-0.2, -0.15) is 13.2 Å². The molecule has 1 amide bonds. The second kappa shape index (κ2) is 14.5. The second-order valence-corrected chi connectivity index (χ2v) is 11.2. The van der Waals surface area contributed by atoms with E-state index in [1.807, 2.05) is 70.9 Å². The van der Waals surface area contributed by atoms with Crippen LogP contribution in [0.15, 0.2) is 84.9 Å². The van der Waals surface area contributed by atoms with E-state index >= 15 is 0 Å². The number of amides is 1. The van der Waals surface area contributed by atoms with Gasteiger partial charge in [0.15, 0.2) is 0 Å². The lowest BCUT2D eigenvalue weighted by molar-refractivity contribution is -0.213.